The molecular weight excluding hydrogens is 491 g/mol. The molecule has 1 aromatic heterocycles. The number of thiophene rings is 1. The number of amides is 2. The quantitative estimate of drug-likeness (QED) is 0.371. The van der Waals surface area contributed by atoms with Crippen molar-refractivity contribution in [3.05, 3.63) is 81.8 Å². The summed E-state index contributed by atoms with van der Waals surface area (Å²) in [6.45, 7) is 0.141. The minimum Gasteiger partial charge on any atom is -0.497 e. The number of hydrogen-bond acceptors (Lipinski definition) is 5. The van der Waals surface area contributed by atoms with Crippen LogP contribution in [0.1, 0.15) is 54.1 Å². The summed E-state index contributed by atoms with van der Waals surface area (Å²) in [5, 5.41) is 5.13. The van der Waals surface area contributed by atoms with E-state index >= 15 is 0 Å². The van der Waals surface area contributed by atoms with Crippen molar-refractivity contribution in [3.63, 3.8) is 0 Å². The summed E-state index contributed by atoms with van der Waals surface area (Å²) in [7, 11) is 3.10. The summed E-state index contributed by atoms with van der Waals surface area (Å²) in [4.78, 5) is 30.3. The van der Waals surface area contributed by atoms with Crippen molar-refractivity contribution in [2.45, 2.75) is 57.2 Å². The number of benzene rings is 2. The van der Waals surface area contributed by atoms with E-state index in [-0.39, 0.29) is 36.6 Å². The first-order chi connectivity index (χ1) is 18.0. The molecule has 196 valence electrons. The number of carbonyl (C=O) groups is 2. The van der Waals surface area contributed by atoms with Gasteiger partial charge in [-0.3, -0.25) is 9.59 Å². The molecule has 0 aliphatic heterocycles. The van der Waals surface area contributed by atoms with Crippen LogP contribution >= 0.6 is 11.3 Å². The van der Waals surface area contributed by atoms with Gasteiger partial charge in [-0.1, -0.05) is 37.5 Å². The van der Waals surface area contributed by atoms with Crippen molar-refractivity contribution >= 4 is 23.2 Å². The first-order valence-corrected chi connectivity index (χ1v) is 13.4. The highest BCUT2D eigenvalue weighted by Crippen LogP contribution is 2.35. The molecule has 1 heterocycles. The van der Waals surface area contributed by atoms with Crippen molar-refractivity contribution in [2.24, 2.45) is 0 Å². The third kappa shape index (κ3) is 6.89. The first-order valence-electron chi connectivity index (χ1n) is 12.6. The van der Waals surface area contributed by atoms with Crippen molar-refractivity contribution in [2.75, 3.05) is 14.2 Å². The predicted octanol–water partition coefficient (Wildman–Crippen LogP) is 5.67. The maximum atomic E-state index is 14.0. The molecule has 0 bridgehead atoms. The lowest BCUT2D eigenvalue weighted by molar-refractivity contribution is -0.141. The number of hydrogen-bond donors (Lipinski definition) is 1. The molecule has 6 nitrogen and oxygen atoms in total. The Balaban J connectivity index is 1.76. The van der Waals surface area contributed by atoms with Gasteiger partial charge in [0.2, 0.25) is 11.8 Å². The van der Waals surface area contributed by atoms with E-state index in [1.165, 1.54) is 30.6 Å². The van der Waals surface area contributed by atoms with Crippen LogP contribution in [0.25, 0.3) is 0 Å². The molecule has 2 aromatic carbocycles. The largest absolute Gasteiger partial charge is 0.497 e. The molecule has 2 amide bonds. The second-order valence-electron chi connectivity index (χ2n) is 9.26. The maximum Gasteiger partial charge on any atom is 0.247 e. The van der Waals surface area contributed by atoms with Crippen LogP contribution in [0.2, 0.25) is 0 Å². The molecule has 0 unspecified atom stereocenters. The van der Waals surface area contributed by atoms with E-state index in [1.54, 1.807) is 42.3 Å². The zero-order chi connectivity index (χ0) is 26.2. The van der Waals surface area contributed by atoms with E-state index < -0.39 is 6.04 Å². The molecule has 1 aliphatic carbocycles. The maximum absolute atomic E-state index is 14.0. The van der Waals surface area contributed by atoms with E-state index in [4.69, 9.17) is 9.47 Å². The molecule has 0 spiro atoms. The highest BCUT2D eigenvalue weighted by Gasteiger charge is 2.35. The Bertz CT molecular complexity index is 1180. The molecule has 0 radical (unpaired) electrons. The van der Waals surface area contributed by atoms with Gasteiger partial charge < -0.3 is 19.7 Å². The second kappa shape index (κ2) is 12.7. The van der Waals surface area contributed by atoms with Crippen molar-refractivity contribution in [3.8, 4) is 11.5 Å². The molecule has 4 rings (SSSR count). The number of carbonyl (C=O) groups excluding carboxylic acids is 2. The van der Waals surface area contributed by atoms with Gasteiger partial charge in [-0.15, -0.1) is 11.3 Å². The lowest BCUT2D eigenvalue weighted by Gasteiger charge is -2.34. The number of methoxy groups -OCH3 is 2. The first kappa shape index (κ1) is 26.7. The monoisotopic (exact) mass is 524 g/mol. The Kier molecular flexibility index (Phi) is 9.17. The highest BCUT2D eigenvalue weighted by atomic mass is 32.1. The number of nitrogens with one attached hydrogen (secondary N) is 1. The summed E-state index contributed by atoms with van der Waals surface area (Å²) in [6.07, 6.45) is 5.29. The Morgan fingerprint density at radius 1 is 1.05 bits per heavy atom. The standard InChI is InChI=1S/C29H33FN2O4S/c1-35-23-14-15-25(26(17-23)36-2)28(29(34)31-22-7-4-3-5-8-22)32(19-20-10-12-21(30)13-11-20)27(33)18-24-9-6-16-37-24/h6,9-17,22,28H,3-5,7-8,18-19H2,1-2H3,(H,31,34)/t28-/m0/s1. The van der Waals surface area contributed by atoms with Gasteiger partial charge in [-0.25, -0.2) is 4.39 Å². The summed E-state index contributed by atoms with van der Waals surface area (Å²) < 4.78 is 24.7. The molecule has 8 heteroatoms. The van der Waals surface area contributed by atoms with Gasteiger partial charge >= 0.3 is 0 Å². The van der Waals surface area contributed by atoms with Crippen LogP contribution < -0.4 is 14.8 Å². The average molecular weight is 525 g/mol. The Labute approximate surface area is 221 Å². The number of ether oxygens (including phenoxy) is 2. The minimum atomic E-state index is -0.944. The van der Waals surface area contributed by atoms with Gasteiger partial charge in [-0.2, -0.15) is 0 Å². The summed E-state index contributed by atoms with van der Waals surface area (Å²) in [5.41, 5.74) is 1.29. The number of halogens is 1. The Morgan fingerprint density at radius 2 is 1.81 bits per heavy atom. The van der Waals surface area contributed by atoms with Crippen LogP contribution in [-0.4, -0.2) is 37.0 Å². The van der Waals surface area contributed by atoms with Crippen LogP contribution in [0, 0.1) is 5.82 Å². The Morgan fingerprint density at radius 3 is 2.46 bits per heavy atom. The van der Waals surface area contributed by atoms with Gasteiger partial charge in [0.25, 0.3) is 0 Å². The molecule has 1 aliphatic rings. The Hall–Kier alpha value is -3.39. The molecule has 3 aromatic rings. The molecule has 0 saturated heterocycles. The fourth-order valence-corrected chi connectivity index (χ4v) is 5.49. The molecule has 1 fully saturated rings. The van der Waals surface area contributed by atoms with Crippen LogP contribution in [0.5, 0.6) is 11.5 Å². The summed E-state index contributed by atoms with van der Waals surface area (Å²) in [5.74, 6) is 0.229. The van der Waals surface area contributed by atoms with E-state index in [9.17, 15) is 14.0 Å². The molecule has 1 N–H and O–H groups in total. The smallest absolute Gasteiger partial charge is 0.247 e. The SMILES string of the molecule is COc1ccc([C@@H](C(=O)NC2CCCCC2)N(Cc2ccc(F)cc2)C(=O)Cc2cccs2)c(OC)c1. The van der Waals surface area contributed by atoms with Crippen molar-refractivity contribution < 1.29 is 23.5 Å². The van der Waals surface area contributed by atoms with Gasteiger partial charge in [0.05, 0.1) is 20.6 Å². The second-order valence-corrected chi connectivity index (χ2v) is 10.3. The van der Waals surface area contributed by atoms with Crippen LogP contribution in [-0.2, 0) is 22.6 Å². The van der Waals surface area contributed by atoms with Gasteiger partial charge in [0, 0.05) is 29.1 Å². The topological polar surface area (TPSA) is 67.9 Å². The highest BCUT2D eigenvalue weighted by molar-refractivity contribution is 7.10. The van der Waals surface area contributed by atoms with Crippen LogP contribution in [0.15, 0.2) is 60.0 Å². The number of rotatable bonds is 10. The average Bonchev–Trinajstić information content (AvgIpc) is 3.43. The van der Waals surface area contributed by atoms with Gasteiger partial charge in [0.1, 0.15) is 23.4 Å². The molecule has 1 saturated carbocycles. The van der Waals surface area contributed by atoms with E-state index in [2.05, 4.69) is 5.32 Å². The molecular formula is C29H33FN2O4S. The van der Waals surface area contributed by atoms with Crippen molar-refractivity contribution in [1.82, 2.24) is 10.2 Å². The zero-order valence-corrected chi connectivity index (χ0v) is 22.1. The van der Waals surface area contributed by atoms with E-state index in [0.29, 0.717) is 17.1 Å². The van der Waals surface area contributed by atoms with Gasteiger partial charge in [0.15, 0.2) is 0 Å². The van der Waals surface area contributed by atoms with Gasteiger partial charge in [-0.05, 0) is 54.1 Å². The van der Waals surface area contributed by atoms with E-state index in [1.807, 2.05) is 17.5 Å². The minimum absolute atomic E-state index is 0.0630. The summed E-state index contributed by atoms with van der Waals surface area (Å²) >= 11 is 1.50. The lowest BCUT2D eigenvalue weighted by Crippen LogP contribution is -2.47. The lowest BCUT2D eigenvalue weighted by atomic mass is 9.94. The number of nitrogens with zero attached hydrogens (tertiary/aromatic N) is 1. The normalized spacial score (nSPS) is 14.6. The fourth-order valence-electron chi connectivity index (χ4n) is 4.80. The third-order valence-electron chi connectivity index (χ3n) is 6.74. The van der Waals surface area contributed by atoms with Crippen LogP contribution in [0.4, 0.5) is 4.39 Å². The predicted molar refractivity (Wildman–Crippen MR) is 142 cm³/mol. The fraction of sp³-hybridized carbons (Fsp3) is 0.379. The van der Waals surface area contributed by atoms with Crippen molar-refractivity contribution in [1.29, 1.82) is 0 Å². The molecule has 37 heavy (non-hydrogen) atoms. The zero-order valence-electron chi connectivity index (χ0n) is 21.2. The summed E-state index contributed by atoms with van der Waals surface area (Å²) in [6, 6.07) is 14.2. The molecule has 1 atom stereocenters. The third-order valence-corrected chi connectivity index (χ3v) is 7.62. The van der Waals surface area contributed by atoms with E-state index in [0.717, 1.165) is 42.5 Å². The van der Waals surface area contributed by atoms with Crippen LogP contribution in [0.3, 0.4) is 0 Å².